The van der Waals surface area contributed by atoms with Crippen LogP contribution in [0.4, 0.5) is 10.5 Å². The number of aliphatic hydroxyl groups is 1. The van der Waals surface area contributed by atoms with E-state index in [1.54, 1.807) is 30.5 Å². The third kappa shape index (κ3) is 5.47. The Bertz CT molecular complexity index is 1750. The van der Waals surface area contributed by atoms with Crippen LogP contribution >= 0.6 is 0 Å². The number of Topliss-reactive ketones (excluding diaryl/α,β-unsaturated/α-hetero) is 1. The first-order valence-electron chi connectivity index (χ1n) is 14.1. The molecule has 43 heavy (non-hydrogen) atoms. The molecule has 2 aliphatic heterocycles. The Morgan fingerprint density at radius 3 is 2.53 bits per heavy atom. The maximum Gasteiger partial charge on any atom is 0.318 e. The van der Waals surface area contributed by atoms with Crippen LogP contribution in [-0.2, 0) is 7.05 Å². The van der Waals surface area contributed by atoms with Gasteiger partial charge in [-0.2, -0.15) is 0 Å². The number of aliphatic hydroxyl groups excluding tert-OH is 1. The number of fused-ring (bicyclic) bond motifs is 2. The summed E-state index contributed by atoms with van der Waals surface area (Å²) in [5, 5.41) is 15.2. The molecule has 0 unspecified atom stereocenters. The van der Waals surface area contributed by atoms with Crippen molar-refractivity contribution in [3.8, 4) is 16.9 Å². The number of anilines is 1. The van der Waals surface area contributed by atoms with Gasteiger partial charge in [-0.25, -0.2) is 9.78 Å². The number of carbonyl (C=O) groups excluding carboxylic acids is 3. The molecule has 4 heterocycles. The number of aryl methyl sites for hydroxylation is 1. The van der Waals surface area contributed by atoms with Crippen LogP contribution in [0.2, 0.25) is 0 Å². The Balaban J connectivity index is 1.27. The number of allylic oxidation sites excluding steroid dienone is 1. The van der Waals surface area contributed by atoms with Gasteiger partial charge >= 0.3 is 6.03 Å². The molecule has 1 fully saturated rings. The maximum atomic E-state index is 13.3. The number of ether oxygens (including phenoxy) is 1. The SMILES string of the molecule is CNC(=O)Nc1ccc2c(c1)C(=O)/C(=C/c1cn(C)c3nccc(-c4ccc(C(=O)N5CCN(CCO)CC5)cc4)c13)O2. The van der Waals surface area contributed by atoms with Crippen molar-refractivity contribution in [3.05, 3.63) is 83.4 Å². The fourth-order valence-electron chi connectivity index (χ4n) is 5.58. The van der Waals surface area contributed by atoms with Crippen LogP contribution in [0.5, 0.6) is 5.75 Å². The number of hydrogen-bond acceptors (Lipinski definition) is 7. The minimum Gasteiger partial charge on any atom is -0.452 e. The number of carbonyl (C=O) groups is 3. The average Bonchev–Trinajstić information content (AvgIpc) is 3.52. The Hall–Kier alpha value is -5.00. The van der Waals surface area contributed by atoms with Gasteiger partial charge in [0.05, 0.1) is 12.2 Å². The minimum atomic E-state index is -0.382. The van der Waals surface area contributed by atoms with E-state index in [0.29, 0.717) is 42.2 Å². The summed E-state index contributed by atoms with van der Waals surface area (Å²) in [6, 6.07) is 14.0. The molecule has 2 aromatic carbocycles. The molecule has 0 atom stereocenters. The molecule has 0 bridgehead atoms. The van der Waals surface area contributed by atoms with Crippen molar-refractivity contribution in [3.63, 3.8) is 0 Å². The number of benzene rings is 2. The van der Waals surface area contributed by atoms with Gasteiger partial charge in [0, 0.05) is 81.4 Å². The number of aromatic nitrogens is 2. The van der Waals surface area contributed by atoms with Crippen LogP contribution in [0, 0.1) is 0 Å². The first-order chi connectivity index (χ1) is 20.9. The molecule has 2 aliphatic rings. The van der Waals surface area contributed by atoms with Crippen molar-refractivity contribution < 1.29 is 24.2 Å². The molecule has 0 radical (unpaired) electrons. The zero-order chi connectivity index (χ0) is 30.1. The zero-order valence-electron chi connectivity index (χ0n) is 24.0. The third-order valence-corrected chi connectivity index (χ3v) is 7.84. The van der Waals surface area contributed by atoms with E-state index in [4.69, 9.17) is 4.74 Å². The molecule has 3 N–H and O–H groups in total. The molecule has 1 saturated heterocycles. The first kappa shape index (κ1) is 28.1. The lowest BCUT2D eigenvalue weighted by Crippen LogP contribution is -2.49. The number of hydrogen-bond donors (Lipinski definition) is 3. The van der Waals surface area contributed by atoms with Crippen molar-refractivity contribution in [2.45, 2.75) is 0 Å². The van der Waals surface area contributed by atoms with Crippen molar-refractivity contribution in [1.82, 2.24) is 24.7 Å². The summed E-state index contributed by atoms with van der Waals surface area (Å²) in [7, 11) is 3.41. The Kier molecular flexibility index (Phi) is 7.66. The van der Waals surface area contributed by atoms with Gasteiger partial charge in [-0.15, -0.1) is 0 Å². The molecule has 3 amide bonds. The standard InChI is InChI=1S/C32H32N6O5/c1-33-32(42)35-23-7-8-26-25(18-23)29(40)27(43-26)17-22-19-36(2)30-28(22)24(9-10-34-30)20-3-5-21(6-4-20)31(41)38-13-11-37(12-14-38)15-16-39/h3-10,17-19,39H,11-16H2,1-2H3,(H2,33,35,42)/b27-17-. The number of β-amino-alcohol motifs (C(OH)–C–C–N with tert-alkyl or cyclic N) is 1. The highest BCUT2D eigenvalue weighted by molar-refractivity contribution is 6.16. The molecule has 6 rings (SSSR count). The molecule has 220 valence electrons. The fraction of sp³-hybridized carbons (Fsp3) is 0.250. The second kappa shape index (κ2) is 11.7. The zero-order valence-corrected chi connectivity index (χ0v) is 24.0. The Labute approximate surface area is 248 Å². The summed E-state index contributed by atoms with van der Waals surface area (Å²) in [5.74, 6) is 0.310. The lowest BCUT2D eigenvalue weighted by molar-refractivity contribution is 0.0615. The lowest BCUT2D eigenvalue weighted by atomic mass is 9.99. The first-order valence-corrected chi connectivity index (χ1v) is 14.1. The van der Waals surface area contributed by atoms with E-state index in [-0.39, 0.29) is 30.1 Å². The van der Waals surface area contributed by atoms with Gasteiger partial charge in [-0.05, 0) is 53.6 Å². The number of amides is 3. The molecular weight excluding hydrogens is 548 g/mol. The third-order valence-electron chi connectivity index (χ3n) is 7.84. The monoisotopic (exact) mass is 580 g/mol. The van der Waals surface area contributed by atoms with Crippen molar-refractivity contribution in [2.75, 3.05) is 51.7 Å². The van der Waals surface area contributed by atoms with E-state index in [0.717, 1.165) is 40.8 Å². The van der Waals surface area contributed by atoms with Crippen LogP contribution < -0.4 is 15.4 Å². The summed E-state index contributed by atoms with van der Waals surface area (Å²) in [6.07, 6.45) is 5.37. The lowest BCUT2D eigenvalue weighted by Gasteiger charge is -2.34. The van der Waals surface area contributed by atoms with E-state index in [9.17, 15) is 19.5 Å². The minimum absolute atomic E-state index is 0.00894. The number of nitrogens with zero attached hydrogens (tertiary/aromatic N) is 4. The molecule has 0 saturated carbocycles. The van der Waals surface area contributed by atoms with Gasteiger partial charge in [0.2, 0.25) is 5.78 Å². The van der Waals surface area contributed by atoms with Crippen molar-refractivity contribution >= 4 is 40.5 Å². The summed E-state index contributed by atoms with van der Waals surface area (Å²) < 4.78 is 7.83. The van der Waals surface area contributed by atoms with Gasteiger partial charge in [0.25, 0.3) is 5.91 Å². The summed E-state index contributed by atoms with van der Waals surface area (Å²) >= 11 is 0. The quantitative estimate of drug-likeness (QED) is 0.298. The highest BCUT2D eigenvalue weighted by Gasteiger charge is 2.29. The van der Waals surface area contributed by atoms with Crippen LogP contribution in [0.25, 0.3) is 28.2 Å². The van der Waals surface area contributed by atoms with Crippen LogP contribution in [-0.4, -0.2) is 88.6 Å². The Morgan fingerprint density at radius 1 is 1.05 bits per heavy atom. The summed E-state index contributed by atoms with van der Waals surface area (Å²) in [4.78, 5) is 46.7. The number of nitrogens with one attached hydrogen (secondary N) is 2. The smallest absolute Gasteiger partial charge is 0.318 e. The second-order valence-corrected chi connectivity index (χ2v) is 10.5. The van der Waals surface area contributed by atoms with Gasteiger partial charge in [0.15, 0.2) is 5.76 Å². The topological polar surface area (TPSA) is 129 Å². The number of rotatable bonds is 6. The van der Waals surface area contributed by atoms with E-state index in [2.05, 4.69) is 20.5 Å². The summed E-state index contributed by atoms with van der Waals surface area (Å²) in [6.45, 7) is 3.50. The molecule has 0 spiro atoms. The average molecular weight is 581 g/mol. The molecule has 4 aromatic rings. The normalized spacial score (nSPS) is 15.9. The van der Waals surface area contributed by atoms with E-state index in [1.807, 2.05) is 53.0 Å². The Morgan fingerprint density at radius 2 is 1.81 bits per heavy atom. The van der Waals surface area contributed by atoms with E-state index < -0.39 is 0 Å². The van der Waals surface area contributed by atoms with Gasteiger partial charge in [-0.1, -0.05) is 12.1 Å². The van der Waals surface area contributed by atoms with E-state index >= 15 is 0 Å². The van der Waals surface area contributed by atoms with E-state index in [1.165, 1.54) is 7.05 Å². The molecule has 11 nitrogen and oxygen atoms in total. The van der Waals surface area contributed by atoms with Crippen LogP contribution in [0.1, 0.15) is 26.3 Å². The highest BCUT2D eigenvalue weighted by atomic mass is 16.5. The fourth-order valence-corrected chi connectivity index (χ4v) is 5.58. The highest BCUT2D eigenvalue weighted by Crippen LogP contribution is 2.37. The number of ketones is 1. The second-order valence-electron chi connectivity index (χ2n) is 10.5. The van der Waals surface area contributed by atoms with Crippen LogP contribution in [0.3, 0.4) is 0 Å². The summed E-state index contributed by atoms with van der Waals surface area (Å²) in [5.41, 5.74) is 4.80. The molecular formula is C32H32N6O5. The number of pyridine rings is 1. The molecule has 2 aromatic heterocycles. The largest absolute Gasteiger partial charge is 0.452 e. The van der Waals surface area contributed by atoms with Crippen molar-refractivity contribution in [2.24, 2.45) is 7.05 Å². The molecule has 11 heteroatoms. The van der Waals surface area contributed by atoms with Crippen LogP contribution in [0.15, 0.2) is 66.7 Å². The molecule has 0 aliphatic carbocycles. The predicted molar refractivity (Wildman–Crippen MR) is 163 cm³/mol. The van der Waals surface area contributed by atoms with Gasteiger partial charge in [-0.3, -0.25) is 14.5 Å². The van der Waals surface area contributed by atoms with Gasteiger partial charge in [0.1, 0.15) is 11.4 Å². The van der Waals surface area contributed by atoms with Crippen molar-refractivity contribution in [1.29, 1.82) is 0 Å². The number of urea groups is 1. The maximum absolute atomic E-state index is 13.3. The van der Waals surface area contributed by atoms with Gasteiger partial charge < -0.3 is 29.9 Å². The predicted octanol–water partition coefficient (Wildman–Crippen LogP) is 3.36. The number of piperazine rings is 1.